The number of likely N-dealkylation sites (tertiary alicyclic amines) is 1. The van der Waals surface area contributed by atoms with Gasteiger partial charge in [0.25, 0.3) is 0 Å². The molecular formula is C15H23N3O. The van der Waals surface area contributed by atoms with Gasteiger partial charge in [0.2, 0.25) is 5.91 Å². The lowest BCUT2D eigenvalue weighted by Crippen LogP contribution is -2.36. The Morgan fingerprint density at radius 2 is 2.00 bits per heavy atom. The number of nitrogens with one attached hydrogen (secondary N) is 2. The van der Waals surface area contributed by atoms with E-state index in [9.17, 15) is 4.79 Å². The van der Waals surface area contributed by atoms with Crippen molar-refractivity contribution in [3.63, 3.8) is 0 Å². The van der Waals surface area contributed by atoms with Crippen molar-refractivity contribution in [3.8, 4) is 0 Å². The highest BCUT2D eigenvalue weighted by atomic mass is 16.1. The van der Waals surface area contributed by atoms with E-state index < -0.39 is 0 Å². The zero-order valence-corrected chi connectivity index (χ0v) is 12.0. The second-order valence-corrected chi connectivity index (χ2v) is 5.43. The second kappa shape index (κ2) is 6.06. The fraction of sp³-hybridized carbons (Fsp3) is 0.533. The molecule has 0 unspecified atom stereocenters. The molecule has 0 aliphatic carbocycles. The minimum absolute atomic E-state index is 0.0332. The Kier molecular flexibility index (Phi) is 4.43. The second-order valence-electron chi connectivity index (χ2n) is 5.43. The van der Waals surface area contributed by atoms with Crippen LogP contribution in [0, 0.1) is 6.92 Å². The minimum atomic E-state index is -0.0332. The van der Waals surface area contributed by atoms with Crippen LogP contribution in [0.2, 0.25) is 0 Å². The SMILES string of the molecule is CC(=O)Nc1ccc(C)c(NC2CCN(C)CC2)c1. The predicted octanol–water partition coefficient (Wildman–Crippen LogP) is 2.46. The zero-order valence-electron chi connectivity index (χ0n) is 12.0. The molecule has 1 fully saturated rings. The van der Waals surface area contributed by atoms with Crippen LogP contribution in [0.1, 0.15) is 25.3 Å². The lowest BCUT2D eigenvalue weighted by atomic mass is 10.0. The van der Waals surface area contributed by atoms with Gasteiger partial charge < -0.3 is 15.5 Å². The molecule has 1 aromatic carbocycles. The van der Waals surface area contributed by atoms with Gasteiger partial charge in [0.15, 0.2) is 0 Å². The quantitative estimate of drug-likeness (QED) is 0.878. The van der Waals surface area contributed by atoms with E-state index in [0.717, 1.165) is 24.5 Å². The Morgan fingerprint density at radius 3 is 2.63 bits per heavy atom. The molecule has 1 heterocycles. The normalized spacial score (nSPS) is 17.2. The molecule has 2 N–H and O–H groups in total. The molecule has 1 amide bonds. The summed E-state index contributed by atoms with van der Waals surface area (Å²) in [5.41, 5.74) is 3.20. The van der Waals surface area contributed by atoms with E-state index in [1.165, 1.54) is 25.3 Å². The lowest BCUT2D eigenvalue weighted by Gasteiger charge is -2.30. The van der Waals surface area contributed by atoms with Crippen molar-refractivity contribution in [1.82, 2.24) is 4.90 Å². The Balaban J connectivity index is 2.04. The first kappa shape index (κ1) is 13.9. The zero-order chi connectivity index (χ0) is 13.8. The third-order valence-electron chi connectivity index (χ3n) is 3.64. The number of benzene rings is 1. The van der Waals surface area contributed by atoms with E-state index in [1.54, 1.807) is 0 Å². The molecule has 4 nitrogen and oxygen atoms in total. The number of rotatable bonds is 3. The first-order valence-corrected chi connectivity index (χ1v) is 6.88. The van der Waals surface area contributed by atoms with E-state index in [2.05, 4.69) is 29.5 Å². The summed E-state index contributed by atoms with van der Waals surface area (Å²) in [6.45, 7) is 5.91. The monoisotopic (exact) mass is 261 g/mol. The van der Waals surface area contributed by atoms with Crippen LogP contribution in [-0.4, -0.2) is 37.0 Å². The lowest BCUT2D eigenvalue weighted by molar-refractivity contribution is -0.114. The van der Waals surface area contributed by atoms with Gasteiger partial charge in [0.1, 0.15) is 0 Å². The summed E-state index contributed by atoms with van der Waals surface area (Å²) >= 11 is 0. The van der Waals surface area contributed by atoms with Crippen LogP contribution in [0.4, 0.5) is 11.4 Å². The van der Waals surface area contributed by atoms with Crippen molar-refractivity contribution in [2.45, 2.75) is 32.7 Å². The summed E-state index contributed by atoms with van der Waals surface area (Å²) in [7, 11) is 2.17. The van der Waals surface area contributed by atoms with Crippen LogP contribution in [0.15, 0.2) is 18.2 Å². The van der Waals surface area contributed by atoms with E-state index in [1.807, 2.05) is 18.2 Å². The average Bonchev–Trinajstić information content (AvgIpc) is 2.35. The molecule has 0 radical (unpaired) electrons. The number of hydrogen-bond donors (Lipinski definition) is 2. The largest absolute Gasteiger partial charge is 0.382 e. The smallest absolute Gasteiger partial charge is 0.221 e. The van der Waals surface area contributed by atoms with Gasteiger partial charge in [-0.05, 0) is 57.6 Å². The number of carbonyl (C=O) groups is 1. The standard InChI is InChI=1S/C15H23N3O/c1-11-4-5-14(16-12(2)19)10-15(11)17-13-6-8-18(3)9-7-13/h4-5,10,13,17H,6-9H2,1-3H3,(H,16,19). The van der Waals surface area contributed by atoms with Crippen LogP contribution < -0.4 is 10.6 Å². The molecule has 1 aliphatic heterocycles. The van der Waals surface area contributed by atoms with Crippen molar-refractivity contribution in [2.75, 3.05) is 30.8 Å². The summed E-state index contributed by atoms with van der Waals surface area (Å²) in [6.07, 6.45) is 2.33. The highest BCUT2D eigenvalue weighted by Gasteiger charge is 2.16. The number of hydrogen-bond acceptors (Lipinski definition) is 3. The maximum absolute atomic E-state index is 11.1. The number of aryl methyl sites for hydroxylation is 1. The molecule has 1 saturated heterocycles. The van der Waals surface area contributed by atoms with Gasteiger partial charge in [-0.3, -0.25) is 4.79 Å². The maximum atomic E-state index is 11.1. The molecule has 4 heteroatoms. The summed E-state index contributed by atoms with van der Waals surface area (Å²) in [6, 6.07) is 6.54. The summed E-state index contributed by atoms with van der Waals surface area (Å²) in [5.74, 6) is -0.0332. The van der Waals surface area contributed by atoms with Crippen molar-refractivity contribution in [3.05, 3.63) is 23.8 Å². The molecule has 104 valence electrons. The van der Waals surface area contributed by atoms with Gasteiger partial charge in [-0.1, -0.05) is 6.07 Å². The van der Waals surface area contributed by atoms with Crippen molar-refractivity contribution in [1.29, 1.82) is 0 Å². The Labute approximate surface area is 115 Å². The third kappa shape index (κ3) is 3.96. The predicted molar refractivity (Wildman–Crippen MR) is 79.6 cm³/mol. The van der Waals surface area contributed by atoms with Crippen LogP contribution in [-0.2, 0) is 4.79 Å². The highest BCUT2D eigenvalue weighted by Crippen LogP contribution is 2.23. The Hall–Kier alpha value is -1.55. The van der Waals surface area contributed by atoms with Crippen LogP contribution in [0.3, 0.4) is 0 Å². The highest BCUT2D eigenvalue weighted by molar-refractivity contribution is 5.89. The summed E-state index contributed by atoms with van der Waals surface area (Å²) < 4.78 is 0. The van der Waals surface area contributed by atoms with Gasteiger partial charge >= 0.3 is 0 Å². The van der Waals surface area contributed by atoms with Crippen molar-refractivity contribution in [2.24, 2.45) is 0 Å². The van der Waals surface area contributed by atoms with Gasteiger partial charge in [-0.25, -0.2) is 0 Å². The number of amides is 1. The van der Waals surface area contributed by atoms with E-state index in [-0.39, 0.29) is 5.91 Å². The van der Waals surface area contributed by atoms with E-state index >= 15 is 0 Å². The van der Waals surface area contributed by atoms with Gasteiger partial charge in [-0.2, -0.15) is 0 Å². The first-order chi connectivity index (χ1) is 9.04. The number of carbonyl (C=O) groups excluding carboxylic acids is 1. The fourth-order valence-electron chi connectivity index (χ4n) is 2.43. The molecular weight excluding hydrogens is 238 g/mol. The van der Waals surface area contributed by atoms with Crippen molar-refractivity contribution < 1.29 is 4.79 Å². The Morgan fingerprint density at radius 1 is 1.32 bits per heavy atom. The van der Waals surface area contributed by atoms with Crippen molar-refractivity contribution >= 4 is 17.3 Å². The molecule has 0 bridgehead atoms. The molecule has 1 aromatic rings. The van der Waals surface area contributed by atoms with Gasteiger partial charge in [0, 0.05) is 24.3 Å². The van der Waals surface area contributed by atoms with Crippen LogP contribution in [0.25, 0.3) is 0 Å². The minimum Gasteiger partial charge on any atom is -0.382 e. The number of anilines is 2. The first-order valence-electron chi connectivity index (χ1n) is 6.88. The third-order valence-corrected chi connectivity index (χ3v) is 3.64. The maximum Gasteiger partial charge on any atom is 0.221 e. The molecule has 0 spiro atoms. The van der Waals surface area contributed by atoms with Crippen LogP contribution >= 0.6 is 0 Å². The van der Waals surface area contributed by atoms with Gasteiger partial charge in [-0.15, -0.1) is 0 Å². The summed E-state index contributed by atoms with van der Waals surface area (Å²) in [5, 5.41) is 6.43. The molecule has 1 aliphatic rings. The topological polar surface area (TPSA) is 44.4 Å². The molecule has 0 atom stereocenters. The Bertz CT molecular complexity index is 451. The van der Waals surface area contributed by atoms with E-state index in [0.29, 0.717) is 6.04 Å². The summed E-state index contributed by atoms with van der Waals surface area (Å²) in [4.78, 5) is 13.5. The average molecular weight is 261 g/mol. The molecule has 19 heavy (non-hydrogen) atoms. The van der Waals surface area contributed by atoms with E-state index in [4.69, 9.17) is 0 Å². The van der Waals surface area contributed by atoms with Gasteiger partial charge in [0.05, 0.1) is 0 Å². The van der Waals surface area contributed by atoms with Crippen LogP contribution in [0.5, 0.6) is 0 Å². The number of piperidine rings is 1. The molecule has 2 rings (SSSR count). The fourth-order valence-corrected chi connectivity index (χ4v) is 2.43. The number of nitrogens with zero attached hydrogens (tertiary/aromatic N) is 1. The molecule has 0 aromatic heterocycles. The molecule has 0 saturated carbocycles.